The molecule has 5 nitrogen and oxygen atoms in total. The average Bonchev–Trinajstić information content (AvgIpc) is 3.36. The zero-order chi connectivity index (χ0) is 50.6. The lowest BCUT2D eigenvalue weighted by atomic mass is 10.0. The van der Waals surface area contributed by atoms with Crippen LogP contribution in [-0.2, 0) is 23.8 Å². The average molecular weight is 980 g/mol. The standard InChI is InChI=1S/C65H118O5/c1-4-7-10-13-16-19-22-25-28-30-32-34-36-39-42-45-48-51-54-57-60-68-61-63(70-65(67)59-56-53-50-47-44-41-37-27-24-21-18-15-12-9-6-3)62-69-64(66)58-55-52-49-46-43-40-38-35-33-31-29-26-23-20-17-14-11-8-5-2/h16-17,19-20,25-26,28-29,32,34,63H,4-15,18,21-24,27,30-31,33,35-62H2,1-3H3/b19-16-,20-17-,28-25-,29-26-,34-32-. The molecule has 0 radical (unpaired) electrons. The molecule has 0 aromatic carbocycles. The summed E-state index contributed by atoms with van der Waals surface area (Å²) in [7, 11) is 0. The first-order valence-corrected chi connectivity index (χ1v) is 30.8. The van der Waals surface area contributed by atoms with Gasteiger partial charge in [0, 0.05) is 19.4 Å². The van der Waals surface area contributed by atoms with Crippen LogP contribution in [0.15, 0.2) is 60.8 Å². The van der Waals surface area contributed by atoms with E-state index in [1.165, 1.54) is 225 Å². The van der Waals surface area contributed by atoms with Crippen molar-refractivity contribution < 1.29 is 23.8 Å². The second kappa shape index (κ2) is 60.9. The molecule has 0 aliphatic carbocycles. The van der Waals surface area contributed by atoms with E-state index in [0.717, 1.165) is 57.8 Å². The summed E-state index contributed by atoms with van der Waals surface area (Å²) in [5, 5.41) is 0. The Hall–Kier alpha value is -2.40. The number of ether oxygens (including phenoxy) is 3. The molecular weight excluding hydrogens is 861 g/mol. The molecular formula is C65H118O5. The van der Waals surface area contributed by atoms with Gasteiger partial charge in [-0.2, -0.15) is 0 Å². The lowest BCUT2D eigenvalue weighted by Crippen LogP contribution is -2.30. The number of hydrogen-bond donors (Lipinski definition) is 0. The maximum atomic E-state index is 12.9. The van der Waals surface area contributed by atoms with Crippen molar-refractivity contribution in [1.29, 1.82) is 0 Å². The van der Waals surface area contributed by atoms with Crippen molar-refractivity contribution >= 4 is 11.9 Å². The highest BCUT2D eigenvalue weighted by molar-refractivity contribution is 5.70. The summed E-state index contributed by atoms with van der Waals surface area (Å²) in [4.78, 5) is 25.6. The van der Waals surface area contributed by atoms with E-state index in [2.05, 4.69) is 81.5 Å². The Balaban J connectivity index is 4.27. The summed E-state index contributed by atoms with van der Waals surface area (Å²) in [5.41, 5.74) is 0. The summed E-state index contributed by atoms with van der Waals surface area (Å²) in [5.74, 6) is -0.392. The van der Waals surface area contributed by atoms with Gasteiger partial charge in [0.15, 0.2) is 6.10 Å². The highest BCUT2D eigenvalue weighted by atomic mass is 16.6. The smallest absolute Gasteiger partial charge is 0.306 e. The molecule has 0 aliphatic rings. The fourth-order valence-electron chi connectivity index (χ4n) is 8.90. The van der Waals surface area contributed by atoms with Crippen LogP contribution in [0.3, 0.4) is 0 Å². The van der Waals surface area contributed by atoms with Crippen molar-refractivity contribution in [2.45, 2.75) is 322 Å². The number of unbranched alkanes of at least 4 members (excludes halogenated alkanes) is 36. The van der Waals surface area contributed by atoms with E-state index in [9.17, 15) is 9.59 Å². The largest absolute Gasteiger partial charge is 0.462 e. The molecule has 0 amide bonds. The molecule has 0 N–H and O–H groups in total. The third kappa shape index (κ3) is 58.2. The predicted octanol–water partition coefficient (Wildman–Crippen LogP) is 21.2. The minimum Gasteiger partial charge on any atom is -0.462 e. The first-order valence-electron chi connectivity index (χ1n) is 30.8. The highest BCUT2D eigenvalue weighted by Crippen LogP contribution is 2.16. The van der Waals surface area contributed by atoms with Crippen molar-refractivity contribution in [1.82, 2.24) is 0 Å². The fourth-order valence-corrected chi connectivity index (χ4v) is 8.90. The number of allylic oxidation sites excluding steroid dienone is 10. The molecule has 5 heteroatoms. The first-order chi connectivity index (χ1) is 34.6. The minimum atomic E-state index is -0.543. The Morgan fingerprint density at radius 3 is 0.986 bits per heavy atom. The fraction of sp³-hybridized carbons (Fsp3) is 0.815. The molecule has 0 aliphatic heterocycles. The van der Waals surface area contributed by atoms with E-state index in [-0.39, 0.29) is 25.2 Å². The normalized spacial score (nSPS) is 12.6. The van der Waals surface area contributed by atoms with Crippen LogP contribution in [0.5, 0.6) is 0 Å². The van der Waals surface area contributed by atoms with Crippen LogP contribution in [-0.4, -0.2) is 37.9 Å². The predicted molar refractivity (Wildman–Crippen MR) is 307 cm³/mol. The maximum Gasteiger partial charge on any atom is 0.306 e. The zero-order valence-electron chi connectivity index (χ0n) is 47.0. The third-order valence-corrected chi connectivity index (χ3v) is 13.5. The van der Waals surface area contributed by atoms with Gasteiger partial charge < -0.3 is 14.2 Å². The van der Waals surface area contributed by atoms with Crippen LogP contribution >= 0.6 is 0 Å². The van der Waals surface area contributed by atoms with E-state index in [1.807, 2.05) is 0 Å². The second-order valence-electron chi connectivity index (χ2n) is 20.6. The van der Waals surface area contributed by atoms with Crippen molar-refractivity contribution in [3.05, 3.63) is 60.8 Å². The zero-order valence-corrected chi connectivity index (χ0v) is 47.0. The van der Waals surface area contributed by atoms with E-state index in [0.29, 0.717) is 19.4 Å². The van der Waals surface area contributed by atoms with Crippen molar-refractivity contribution in [3.63, 3.8) is 0 Å². The van der Waals surface area contributed by atoms with Crippen molar-refractivity contribution in [3.8, 4) is 0 Å². The second-order valence-corrected chi connectivity index (χ2v) is 20.6. The van der Waals surface area contributed by atoms with Gasteiger partial charge in [0.1, 0.15) is 6.61 Å². The van der Waals surface area contributed by atoms with Gasteiger partial charge in [0.25, 0.3) is 0 Å². The molecule has 0 aromatic heterocycles. The molecule has 0 rings (SSSR count). The minimum absolute atomic E-state index is 0.0815. The monoisotopic (exact) mass is 979 g/mol. The van der Waals surface area contributed by atoms with Gasteiger partial charge in [-0.15, -0.1) is 0 Å². The molecule has 408 valence electrons. The van der Waals surface area contributed by atoms with Gasteiger partial charge in [-0.3, -0.25) is 9.59 Å². The van der Waals surface area contributed by atoms with Crippen molar-refractivity contribution in [2.75, 3.05) is 19.8 Å². The van der Waals surface area contributed by atoms with Crippen LogP contribution in [0, 0.1) is 0 Å². The topological polar surface area (TPSA) is 61.8 Å². The quantitative estimate of drug-likeness (QED) is 0.0345. The summed E-state index contributed by atoms with van der Waals surface area (Å²) in [6.07, 6.45) is 78.1. The Labute approximate surface area is 436 Å². The molecule has 0 spiro atoms. The Kier molecular flexibility index (Phi) is 58.8. The van der Waals surface area contributed by atoms with E-state index in [1.54, 1.807) is 0 Å². The SMILES string of the molecule is CCCCC/C=C\C/C=C\C/C=C\CCCCCCCCCOCC(COC(=O)CCCCCCCCCCC/C=C\C/C=C\CCCCC)OC(=O)CCCCCCCCCCCCCCCCC. The molecule has 1 unspecified atom stereocenters. The number of carbonyl (C=O) groups is 2. The number of rotatable bonds is 57. The Bertz CT molecular complexity index is 1200. The summed E-state index contributed by atoms with van der Waals surface area (Å²) >= 11 is 0. The molecule has 0 aromatic rings. The van der Waals surface area contributed by atoms with E-state index < -0.39 is 6.10 Å². The summed E-state index contributed by atoms with van der Waals surface area (Å²) in [6, 6.07) is 0. The maximum absolute atomic E-state index is 12.9. The molecule has 1 atom stereocenters. The Morgan fingerprint density at radius 2 is 0.600 bits per heavy atom. The van der Waals surface area contributed by atoms with Gasteiger partial charge in [-0.25, -0.2) is 0 Å². The van der Waals surface area contributed by atoms with Gasteiger partial charge in [-0.1, -0.05) is 274 Å². The molecule has 0 fully saturated rings. The molecule has 0 bridgehead atoms. The first kappa shape index (κ1) is 67.6. The van der Waals surface area contributed by atoms with E-state index >= 15 is 0 Å². The van der Waals surface area contributed by atoms with Gasteiger partial charge >= 0.3 is 11.9 Å². The van der Waals surface area contributed by atoms with Crippen LogP contribution in [0.4, 0.5) is 0 Å². The highest BCUT2D eigenvalue weighted by Gasteiger charge is 2.17. The number of esters is 2. The van der Waals surface area contributed by atoms with Crippen LogP contribution < -0.4 is 0 Å². The number of hydrogen-bond acceptors (Lipinski definition) is 5. The van der Waals surface area contributed by atoms with E-state index in [4.69, 9.17) is 14.2 Å². The van der Waals surface area contributed by atoms with Crippen molar-refractivity contribution in [2.24, 2.45) is 0 Å². The summed E-state index contributed by atoms with van der Waals surface area (Å²) in [6.45, 7) is 7.80. The van der Waals surface area contributed by atoms with Crippen LogP contribution in [0.1, 0.15) is 316 Å². The lowest BCUT2D eigenvalue weighted by Gasteiger charge is -2.18. The van der Waals surface area contributed by atoms with Crippen LogP contribution in [0.2, 0.25) is 0 Å². The molecule has 0 saturated heterocycles. The molecule has 0 saturated carbocycles. The summed E-state index contributed by atoms with van der Waals surface area (Å²) < 4.78 is 17.5. The third-order valence-electron chi connectivity index (χ3n) is 13.5. The molecule has 70 heavy (non-hydrogen) atoms. The van der Waals surface area contributed by atoms with Gasteiger partial charge in [0.05, 0.1) is 6.61 Å². The van der Waals surface area contributed by atoms with Gasteiger partial charge in [0.2, 0.25) is 0 Å². The Morgan fingerprint density at radius 1 is 0.314 bits per heavy atom. The molecule has 0 heterocycles. The van der Waals surface area contributed by atoms with Gasteiger partial charge in [-0.05, 0) is 89.9 Å². The number of carbonyl (C=O) groups excluding carboxylic acids is 2. The lowest BCUT2D eigenvalue weighted by molar-refractivity contribution is -0.163. The van der Waals surface area contributed by atoms with Crippen LogP contribution in [0.25, 0.3) is 0 Å².